The molecule has 21 heteroatoms. The fourth-order valence-corrected chi connectivity index (χ4v) is 10.2. The summed E-state index contributed by atoms with van der Waals surface area (Å²) in [6, 6.07) is 9.98. The first-order valence-corrected chi connectivity index (χ1v) is 24.2. The van der Waals surface area contributed by atoms with E-state index in [0.717, 1.165) is 77.3 Å². The predicted octanol–water partition coefficient (Wildman–Crippen LogP) is 6.89. The molecule has 3 amide bonds. The summed E-state index contributed by atoms with van der Waals surface area (Å²) in [7, 11) is 8.16. The normalized spacial score (nSPS) is 22.2. The summed E-state index contributed by atoms with van der Waals surface area (Å²) in [4.78, 5) is 76.6. The van der Waals surface area contributed by atoms with Gasteiger partial charge in [0.2, 0.25) is 23.2 Å². The number of halogens is 2. The number of nitrogens with one attached hydrogen (secondary N) is 3. The van der Waals surface area contributed by atoms with Crippen molar-refractivity contribution >= 4 is 70.0 Å². The number of alkyl halides is 2. The van der Waals surface area contributed by atoms with Crippen LogP contribution in [0.4, 0.5) is 55.1 Å². The Morgan fingerprint density at radius 2 is 1.10 bits per heavy atom. The number of piperidine rings is 1. The Hall–Kier alpha value is -6.90. The number of rotatable bonds is 11. The Bertz CT molecular complexity index is 2640. The minimum absolute atomic E-state index is 0.0608. The van der Waals surface area contributed by atoms with Gasteiger partial charge in [-0.25, -0.2) is 23.5 Å². The molecule has 5 heterocycles. The molecule has 3 fully saturated rings. The lowest BCUT2D eigenvalue weighted by Crippen LogP contribution is -2.49. The van der Waals surface area contributed by atoms with Gasteiger partial charge in [-0.05, 0) is 109 Å². The number of carboxylic acids is 1. The third kappa shape index (κ3) is 10.9. The number of hydrogen-bond donors (Lipinski definition) is 4. The molecule has 9 rings (SSSR count). The van der Waals surface area contributed by atoms with Gasteiger partial charge in [-0.15, -0.1) is 0 Å². The van der Waals surface area contributed by atoms with Crippen molar-refractivity contribution in [3.8, 4) is 11.5 Å². The molecule has 5 aliphatic rings. The zero-order chi connectivity index (χ0) is 50.8. The maximum absolute atomic E-state index is 15.5. The number of ether oxygens (including phenoxy) is 2. The third-order valence-electron chi connectivity index (χ3n) is 14.2. The Kier molecular flexibility index (Phi) is 14.8. The van der Waals surface area contributed by atoms with Gasteiger partial charge < -0.3 is 55.0 Å². The van der Waals surface area contributed by atoms with Crippen LogP contribution in [0.5, 0.6) is 11.5 Å². The highest BCUT2D eigenvalue weighted by molar-refractivity contribution is 6.04. The van der Waals surface area contributed by atoms with Gasteiger partial charge in [0, 0.05) is 37.8 Å². The van der Waals surface area contributed by atoms with Gasteiger partial charge in [0.1, 0.15) is 22.9 Å². The molecule has 2 atom stereocenters. The largest absolute Gasteiger partial charge is 0.495 e. The van der Waals surface area contributed by atoms with Gasteiger partial charge in [0.25, 0.3) is 17.7 Å². The van der Waals surface area contributed by atoms with Crippen LogP contribution in [0.2, 0.25) is 0 Å². The number of likely N-dealkylation sites (tertiary alicyclic amines) is 1. The van der Waals surface area contributed by atoms with Crippen LogP contribution in [0.15, 0.2) is 48.8 Å². The topological polar surface area (TPSA) is 211 Å². The second-order valence-electron chi connectivity index (χ2n) is 19.5. The number of methoxy groups -OCH3 is 2. The second-order valence-corrected chi connectivity index (χ2v) is 19.5. The first kappa shape index (κ1) is 50.5. The molecule has 1 saturated heterocycles. The predicted molar refractivity (Wildman–Crippen MR) is 267 cm³/mol. The van der Waals surface area contributed by atoms with Crippen LogP contribution in [0.1, 0.15) is 98.8 Å². The van der Waals surface area contributed by atoms with Gasteiger partial charge in [-0.2, -0.15) is 9.97 Å². The maximum Gasteiger partial charge on any atom is 0.335 e. The van der Waals surface area contributed by atoms with Crippen LogP contribution in [-0.2, 0) is 9.59 Å². The van der Waals surface area contributed by atoms with Gasteiger partial charge >= 0.3 is 5.97 Å². The smallest absolute Gasteiger partial charge is 0.335 e. The minimum atomic E-state index is -2.05. The maximum atomic E-state index is 15.5. The average Bonchev–Trinajstić information content (AvgIpc) is 4.09. The Morgan fingerprint density at radius 1 is 0.676 bits per heavy atom. The lowest BCUT2D eigenvalue weighted by atomic mass is 10.0. The SMILES string of the molecule is COc1cc(C(=O)NC2CCN(C)CC2)ccc1Nc1ncc2c(n1)N(C1CCCC1)CC(C)(F)C(=O)N2C.COc1cc(C(=O)O)ccc1Nc1ncc2c(n1)N(C1CCCC1)CC(C)(F)C(=O)N2C. The number of carbonyl (C=O) groups is 4. The molecule has 4 aromatic rings. The van der Waals surface area contributed by atoms with Crippen molar-refractivity contribution in [1.82, 2.24) is 30.2 Å². The van der Waals surface area contributed by atoms with E-state index in [9.17, 15) is 24.3 Å². The average molecular weight is 983 g/mol. The highest BCUT2D eigenvalue weighted by Gasteiger charge is 2.46. The fourth-order valence-electron chi connectivity index (χ4n) is 10.2. The molecule has 2 saturated carbocycles. The van der Waals surface area contributed by atoms with Crippen LogP contribution in [0.3, 0.4) is 0 Å². The molecule has 2 aromatic carbocycles. The lowest BCUT2D eigenvalue weighted by Gasteiger charge is -2.32. The van der Waals surface area contributed by atoms with Crippen LogP contribution in [0, 0.1) is 0 Å². The van der Waals surface area contributed by atoms with Crippen LogP contribution < -0.4 is 45.0 Å². The van der Waals surface area contributed by atoms with Gasteiger partial charge in [0.15, 0.2) is 11.6 Å². The quantitative estimate of drug-likeness (QED) is 0.121. The van der Waals surface area contributed by atoms with E-state index < -0.39 is 29.1 Å². The summed E-state index contributed by atoms with van der Waals surface area (Å²) in [6.07, 6.45) is 12.8. The summed E-state index contributed by atoms with van der Waals surface area (Å²) in [5.74, 6) is -0.0923. The summed E-state index contributed by atoms with van der Waals surface area (Å²) in [5, 5.41) is 18.6. The Labute approximate surface area is 412 Å². The molecule has 4 N–H and O–H groups in total. The number of anilines is 8. The highest BCUT2D eigenvalue weighted by Crippen LogP contribution is 2.42. The monoisotopic (exact) mass is 982 g/mol. The molecule has 0 radical (unpaired) electrons. The number of benzene rings is 2. The van der Waals surface area contributed by atoms with Crippen molar-refractivity contribution in [2.75, 3.05) is 91.8 Å². The molecule has 2 aliphatic carbocycles. The van der Waals surface area contributed by atoms with E-state index in [1.807, 2.05) is 9.80 Å². The molecule has 3 aliphatic heterocycles. The van der Waals surface area contributed by atoms with E-state index in [0.29, 0.717) is 57.4 Å². The van der Waals surface area contributed by atoms with Crippen molar-refractivity contribution in [1.29, 1.82) is 0 Å². The number of carboxylic acid groups (broad SMARTS) is 1. The molecule has 2 unspecified atom stereocenters. The summed E-state index contributed by atoms with van der Waals surface area (Å²) < 4.78 is 41.7. The van der Waals surface area contributed by atoms with Crippen molar-refractivity contribution in [2.24, 2.45) is 0 Å². The van der Waals surface area contributed by atoms with Crippen molar-refractivity contribution < 1.29 is 42.5 Å². The fraction of sp³-hybridized carbons (Fsp3) is 0.520. The lowest BCUT2D eigenvalue weighted by molar-refractivity contribution is -0.128. The van der Waals surface area contributed by atoms with Crippen LogP contribution in [-0.4, -0.2) is 145 Å². The molecular weight excluding hydrogens is 919 g/mol. The Morgan fingerprint density at radius 3 is 1.52 bits per heavy atom. The molecule has 380 valence electrons. The van der Waals surface area contributed by atoms with Crippen molar-refractivity contribution in [3.63, 3.8) is 0 Å². The van der Waals surface area contributed by atoms with E-state index in [1.54, 1.807) is 44.6 Å². The number of carbonyl (C=O) groups excluding carboxylic acids is 3. The number of fused-ring (bicyclic) bond motifs is 2. The second kappa shape index (κ2) is 20.8. The molecule has 19 nitrogen and oxygen atoms in total. The summed E-state index contributed by atoms with van der Waals surface area (Å²) >= 11 is 0. The third-order valence-corrected chi connectivity index (χ3v) is 14.2. The zero-order valence-electron chi connectivity index (χ0n) is 41.4. The van der Waals surface area contributed by atoms with E-state index in [-0.39, 0.29) is 48.6 Å². The first-order chi connectivity index (χ1) is 33.9. The van der Waals surface area contributed by atoms with E-state index in [2.05, 4.69) is 42.8 Å². The number of aromatic carboxylic acids is 1. The summed E-state index contributed by atoms with van der Waals surface area (Å²) in [5.41, 5.74) is -1.50. The van der Waals surface area contributed by atoms with E-state index in [1.165, 1.54) is 56.1 Å². The zero-order valence-corrected chi connectivity index (χ0v) is 41.4. The first-order valence-electron chi connectivity index (χ1n) is 24.2. The highest BCUT2D eigenvalue weighted by atomic mass is 19.1. The number of nitrogens with zero attached hydrogens (tertiary/aromatic N) is 9. The van der Waals surface area contributed by atoms with Crippen molar-refractivity contribution in [2.45, 2.75) is 108 Å². The number of hydrogen-bond acceptors (Lipinski definition) is 15. The van der Waals surface area contributed by atoms with E-state index >= 15 is 8.78 Å². The Balaban J connectivity index is 0.000000194. The molecular formula is C50H64F2N12O7. The van der Waals surface area contributed by atoms with Gasteiger partial charge in [0.05, 0.1) is 56.6 Å². The van der Waals surface area contributed by atoms with Crippen molar-refractivity contribution in [3.05, 3.63) is 59.9 Å². The van der Waals surface area contributed by atoms with Gasteiger partial charge in [-0.3, -0.25) is 14.4 Å². The summed E-state index contributed by atoms with van der Waals surface area (Å²) in [6.45, 7) is 4.42. The van der Waals surface area contributed by atoms with E-state index in [4.69, 9.17) is 14.5 Å². The molecule has 71 heavy (non-hydrogen) atoms. The molecule has 0 spiro atoms. The molecule has 2 aromatic heterocycles. The minimum Gasteiger partial charge on any atom is -0.495 e. The van der Waals surface area contributed by atoms with Crippen LogP contribution in [0.25, 0.3) is 0 Å². The number of amides is 3. The van der Waals surface area contributed by atoms with Gasteiger partial charge in [-0.1, -0.05) is 25.7 Å². The van der Waals surface area contributed by atoms with Crippen LogP contribution >= 0.6 is 0 Å². The molecule has 0 bridgehead atoms. The standard InChI is InChI=1S/C28H38FN7O3.C22H26FN5O4/c1-28(29)17-36(20-7-5-6-8-20)24-22(35(3)26(28)38)16-30-27(33-24)32-21-10-9-18(15-23(21)39-4)25(37)31-19-11-13-34(2)14-12-19;1-22(23)12-28(14-6-4-5-7-14)18-16(27(2)20(22)31)11-24-21(26-18)25-15-9-8-13(19(29)30)10-17(15)32-3/h9-10,15-16,19-20H,5-8,11-14,17H2,1-4H3,(H,31,37)(H,30,32,33);8-11,14H,4-7,12H2,1-3H3,(H,29,30)(H,24,25,26). The number of aromatic nitrogens is 4.